The molecule has 0 bridgehead atoms. The smallest absolute Gasteiger partial charge is 0.407 e. The lowest BCUT2D eigenvalue weighted by Gasteiger charge is -2.02. The molecule has 0 atom stereocenters. The Balaban J connectivity index is 3.30. The zero-order valence-corrected chi connectivity index (χ0v) is 6.85. The Hall–Kier alpha value is -1.06. The maximum absolute atomic E-state index is 10.6. The summed E-state index contributed by atoms with van der Waals surface area (Å²) in [4.78, 5) is 21.0. The van der Waals surface area contributed by atoms with E-state index in [1.54, 1.807) is 0 Å². The summed E-state index contributed by atoms with van der Waals surface area (Å²) in [5.74, 6) is -0.0848. The van der Waals surface area contributed by atoms with Crippen molar-refractivity contribution in [1.82, 2.24) is 5.32 Å². The number of hydrogen-bond donors (Lipinski definition) is 1. The summed E-state index contributed by atoms with van der Waals surface area (Å²) in [6.07, 6.45) is 0.259. The lowest BCUT2D eigenvalue weighted by molar-refractivity contribution is -0.116. The normalized spacial score (nSPS) is 8.91. The third kappa shape index (κ3) is 6.83. The van der Waals surface area contributed by atoms with E-state index in [1.807, 2.05) is 6.92 Å². The van der Waals surface area contributed by atoms with Crippen molar-refractivity contribution in [3.8, 4) is 0 Å². The first-order valence-electron chi connectivity index (χ1n) is 3.57. The van der Waals surface area contributed by atoms with Gasteiger partial charge in [-0.25, -0.2) is 4.79 Å². The monoisotopic (exact) mass is 159 g/mol. The van der Waals surface area contributed by atoms with Crippen LogP contribution in [0.4, 0.5) is 4.79 Å². The summed E-state index contributed by atoms with van der Waals surface area (Å²) in [5.41, 5.74) is 0. The largest absolute Gasteiger partial charge is 0.450 e. The van der Waals surface area contributed by atoms with Gasteiger partial charge in [-0.2, -0.15) is 0 Å². The van der Waals surface area contributed by atoms with E-state index in [0.29, 0.717) is 6.61 Å². The molecule has 4 nitrogen and oxygen atoms in total. The van der Waals surface area contributed by atoms with Gasteiger partial charge in [-0.05, 0) is 13.3 Å². The van der Waals surface area contributed by atoms with Gasteiger partial charge in [-0.3, -0.25) is 4.79 Å². The third-order valence-corrected chi connectivity index (χ3v) is 0.919. The molecular formula is C7H13NO3. The van der Waals surface area contributed by atoms with E-state index >= 15 is 0 Å². The number of ether oxygens (including phenoxy) is 1. The molecule has 64 valence electrons. The molecule has 0 spiro atoms. The van der Waals surface area contributed by atoms with Gasteiger partial charge in [-0.15, -0.1) is 0 Å². The van der Waals surface area contributed by atoms with Gasteiger partial charge in [0, 0.05) is 0 Å². The van der Waals surface area contributed by atoms with E-state index in [0.717, 1.165) is 6.42 Å². The maximum Gasteiger partial charge on any atom is 0.407 e. The minimum Gasteiger partial charge on any atom is -0.450 e. The van der Waals surface area contributed by atoms with E-state index in [2.05, 4.69) is 10.1 Å². The van der Waals surface area contributed by atoms with E-state index in [1.165, 1.54) is 6.92 Å². The Labute approximate surface area is 65.9 Å². The molecule has 0 radical (unpaired) electrons. The zero-order chi connectivity index (χ0) is 8.69. The molecule has 0 aromatic rings. The molecule has 0 aromatic heterocycles. The van der Waals surface area contributed by atoms with Crippen LogP contribution in [0.25, 0.3) is 0 Å². The molecule has 11 heavy (non-hydrogen) atoms. The fraction of sp³-hybridized carbons (Fsp3) is 0.714. The van der Waals surface area contributed by atoms with Crippen molar-refractivity contribution in [2.45, 2.75) is 20.3 Å². The predicted octanol–water partition coefficient (Wildman–Crippen LogP) is 0.712. The van der Waals surface area contributed by atoms with Gasteiger partial charge >= 0.3 is 6.09 Å². The van der Waals surface area contributed by atoms with Crippen LogP contribution < -0.4 is 5.32 Å². The molecule has 4 heteroatoms. The molecule has 0 aromatic carbocycles. The van der Waals surface area contributed by atoms with Crippen LogP contribution in [-0.2, 0) is 9.53 Å². The van der Waals surface area contributed by atoms with Crippen LogP contribution in [0.15, 0.2) is 0 Å². The van der Waals surface area contributed by atoms with Gasteiger partial charge in [0.05, 0.1) is 13.2 Å². The first-order valence-corrected chi connectivity index (χ1v) is 3.57. The molecule has 0 rings (SSSR count). The van der Waals surface area contributed by atoms with Crippen molar-refractivity contribution >= 4 is 11.9 Å². The van der Waals surface area contributed by atoms with Gasteiger partial charge in [0.15, 0.2) is 0 Å². The molecule has 0 aliphatic carbocycles. The Bertz CT molecular complexity index is 145. The summed E-state index contributed by atoms with van der Waals surface area (Å²) >= 11 is 0. The van der Waals surface area contributed by atoms with Crippen molar-refractivity contribution in [3.63, 3.8) is 0 Å². The van der Waals surface area contributed by atoms with Crippen LogP contribution in [0, 0.1) is 0 Å². The van der Waals surface area contributed by atoms with Crippen LogP contribution in [-0.4, -0.2) is 25.0 Å². The molecule has 1 N–H and O–H groups in total. The average Bonchev–Trinajstić information content (AvgIpc) is 1.97. The topological polar surface area (TPSA) is 55.4 Å². The number of ketones is 1. The molecule has 0 heterocycles. The van der Waals surface area contributed by atoms with Gasteiger partial charge in [0.2, 0.25) is 0 Å². The highest BCUT2D eigenvalue weighted by Gasteiger charge is 2.00. The predicted molar refractivity (Wildman–Crippen MR) is 40.3 cm³/mol. The maximum atomic E-state index is 10.6. The fourth-order valence-electron chi connectivity index (χ4n) is 0.442. The van der Waals surface area contributed by atoms with Crippen LogP contribution in [0.2, 0.25) is 0 Å². The Morgan fingerprint density at radius 2 is 2.09 bits per heavy atom. The second kappa shape index (κ2) is 5.70. The van der Waals surface area contributed by atoms with Gasteiger partial charge in [-0.1, -0.05) is 6.92 Å². The quantitative estimate of drug-likeness (QED) is 0.657. The van der Waals surface area contributed by atoms with Crippen LogP contribution in [0.3, 0.4) is 0 Å². The first kappa shape index (κ1) is 9.94. The van der Waals surface area contributed by atoms with E-state index in [9.17, 15) is 9.59 Å². The Kier molecular flexibility index (Phi) is 5.15. The Morgan fingerprint density at radius 1 is 1.45 bits per heavy atom. The van der Waals surface area contributed by atoms with Gasteiger partial charge in [0.1, 0.15) is 5.78 Å². The second-order valence-electron chi connectivity index (χ2n) is 2.19. The lowest BCUT2D eigenvalue weighted by atomic mass is 10.4. The minimum absolute atomic E-state index is 0.0442. The lowest BCUT2D eigenvalue weighted by Crippen LogP contribution is -2.29. The number of Topliss-reactive ketones (excluding diaryl/α,β-unsaturated/α-hetero) is 1. The molecule has 0 aliphatic rings. The number of rotatable bonds is 4. The van der Waals surface area contributed by atoms with Crippen LogP contribution >= 0.6 is 0 Å². The van der Waals surface area contributed by atoms with Crippen molar-refractivity contribution in [2.24, 2.45) is 0 Å². The summed E-state index contributed by atoms with van der Waals surface area (Å²) in [7, 11) is 0. The molecule has 0 saturated heterocycles. The highest BCUT2D eigenvalue weighted by atomic mass is 16.5. The van der Waals surface area contributed by atoms with E-state index in [4.69, 9.17) is 0 Å². The number of alkyl carbamates (subject to hydrolysis) is 1. The molecule has 0 fully saturated rings. The highest BCUT2D eigenvalue weighted by Crippen LogP contribution is 1.80. The van der Waals surface area contributed by atoms with Crippen molar-refractivity contribution in [1.29, 1.82) is 0 Å². The van der Waals surface area contributed by atoms with E-state index < -0.39 is 6.09 Å². The molecule has 0 aliphatic heterocycles. The standard InChI is InChI=1S/C7H13NO3/c1-3-4-11-7(10)8-5-6(2)9/h3-5H2,1-2H3,(H,8,10). The average molecular weight is 159 g/mol. The summed E-state index contributed by atoms with van der Waals surface area (Å²) in [6, 6.07) is 0. The highest BCUT2D eigenvalue weighted by molar-refractivity contribution is 5.81. The summed E-state index contributed by atoms with van der Waals surface area (Å²) in [6.45, 7) is 3.74. The van der Waals surface area contributed by atoms with E-state index in [-0.39, 0.29) is 12.3 Å². The van der Waals surface area contributed by atoms with Gasteiger partial charge in [0.25, 0.3) is 0 Å². The minimum atomic E-state index is -0.526. The number of hydrogen-bond acceptors (Lipinski definition) is 3. The van der Waals surface area contributed by atoms with Gasteiger partial charge < -0.3 is 10.1 Å². The number of amides is 1. The number of nitrogens with one attached hydrogen (secondary N) is 1. The number of carbonyl (C=O) groups is 2. The van der Waals surface area contributed by atoms with Crippen LogP contribution in [0.5, 0.6) is 0 Å². The van der Waals surface area contributed by atoms with Crippen molar-refractivity contribution in [3.05, 3.63) is 0 Å². The van der Waals surface area contributed by atoms with Crippen LogP contribution in [0.1, 0.15) is 20.3 Å². The molecule has 1 amide bonds. The van der Waals surface area contributed by atoms with Crippen molar-refractivity contribution in [2.75, 3.05) is 13.2 Å². The Morgan fingerprint density at radius 3 is 2.55 bits per heavy atom. The fourth-order valence-corrected chi connectivity index (χ4v) is 0.442. The third-order valence-electron chi connectivity index (χ3n) is 0.919. The molecule has 0 unspecified atom stereocenters. The molecule has 0 saturated carbocycles. The van der Waals surface area contributed by atoms with Crippen molar-refractivity contribution < 1.29 is 14.3 Å². The first-order chi connectivity index (χ1) is 5.16. The SMILES string of the molecule is CCCOC(=O)NCC(C)=O. The summed E-state index contributed by atoms with van der Waals surface area (Å²) < 4.78 is 4.64. The molecular weight excluding hydrogens is 146 g/mol. The number of carbonyl (C=O) groups excluding carboxylic acids is 2. The zero-order valence-electron chi connectivity index (χ0n) is 6.85. The summed E-state index contributed by atoms with van der Waals surface area (Å²) in [5, 5.41) is 2.31. The second-order valence-corrected chi connectivity index (χ2v) is 2.19.